The predicted molar refractivity (Wildman–Crippen MR) is 89.5 cm³/mol. The third kappa shape index (κ3) is 3.15. The minimum Gasteiger partial charge on any atom is -0.388 e. The van der Waals surface area contributed by atoms with Crippen LogP contribution >= 0.6 is 11.6 Å². The van der Waals surface area contributed by atoms with Gasteiger partial charge in [-0.1, -0.05) is 11.6 Å². The maximum Gasteiger partial charge on any atom is 0.227 e. The van der Waals surface area contributed by atoms with Crippen molar-refractivity contribution >= 4 is 28.9 Å². The Morgan fingerprint density at radius 2 is 2.00 bits per heavy atom. The average Bonchev–Trinajstić information content (AvgIpc) is 2.58. The zero-order valence-electron chi connectivity index (χ0n) is 11.9. The molecule has 0 saturated heterocycles. The second kappa shape index (κ2) is 6.41. The van der Waals surface area contributed by atoms with E-state index in [-0.39, 0.29) is 0 Å². The standard InChI is InChI=1S/C16H14ClN5/c1-18-12-4-5-13(17)15(9-12)22-16-20-8-6-14(21-16)11-3-2-7-19-10-11/h2-10,18H,1H3,(H,20,21,22). The second-order valence-corrected chi connectivity index (χ2v) is 4.98. The Kier molecular flexibility index (Phi) is 4.16. The van der Waals surface area contributed by atoms with E-state index in [9.17, 15) is 0 Å². The fraction of sp³-hybridized carbons (Fsp3) is 0.0625. The summed E-state index contributed by atoms with van der Waals surface area (Å²) in [5.41, 5.74) is 3.43. The van der Waals surface area contributed by atoms with Crippen molar-refractivity contribution in [3.8, 4) is 11.3 Å². The van der Waals surface area contributed by atoms with E-state index >= 15 is 0 Å². The largest absolute Gasteiger partial charge is 0.388 e. The van der Waals surface area contributed by atoms with E-state index in [1.807, 2.05) is 43.4 Å². The molecule has 5 nitrogen and oxygen atoms in total. The zero-order valence-corrected chi connectivity index (χ0v) is 12.7. The third-order valence-electron chi connectivity index (χ3n) is 3.11. The summed E-state index contributed by atoms with van der Waals surface area (Å²) in [7, 11) is 1.85. The first-order valence-electron chi connectivity index (χ1n) is 6.74. The van der Waals surface area contributed by atoms with Crippen molar-refractivity contribution in [1.29, 1.82) is 0 Å². The number of hydrogen-bond acceptors (Lipinski definition) is 5. The van der Waals surface area contributed by atoms with Gasteiger partial charge in [-0.25, -0.2) is 9.97 Å². The fourth-order valence-electron chi connectivity index (χ4n) is 1.99. The normalized spacial score (nSPS) is 10.3. The van der Waals surface area contributed by atoms with Crippen LogP contribution in [0.5, 0.6) is 0 Å². The number of rotatable bonds is 4. The molecular formula is C16H14ClN5. The Balaban J connectivity index is 1.90. The number of hydrogen-bond donors (Lipinski definition) is 2. The van der Waals surface area contributed by atoms with E-state index < -0.39 is 0 Å². The fourth-order valence-corrected chi connectivity index (χ4v) is 2.16. The topological polar surface area (TPSA) is 62.7 Å². The number of nitrogens with zero attached hydrogens (tertiary/aromatic N) is 3. The van der Waals surface area contributed by atoms with Gasteiger partial charge in [0.05, 0.1) is 16.4 Å². The van der Waals surface area contributed by atoms with E-state index in [0.29, 0.717) is 11.0 Å². The smallest absolute Gasteiger partial charge is 0.227 e. The summed E-state index contributed by atoms with van der Waals surface area (Å²) in [6.45, 7) is 0. The lowest BCUT2D eigenvalue weighted by Gasteiger charge is -2.10. The van der Waals surface area contributed by atoms with Crippen molar-refractivity contribution in [2.75, 3.05) is 17.7 Å². The quantitative estimate of drug-likeness (QED) is 0.763. The van der Waals surface area contributed by atoms with Gasteiger partial charge in [0.2, 0.25) is 5.95 Å². The van der Waals surface area contributed by atoms with Crippen LogP contribution < -0.4 is 10.6 Å². The van der Waals surface area contributed by atoms with Crippen LogP contribution in [-0.2, 0) is 0 Å². The van der Waals surface area contributed by atoms with Crippen LogP contribution in [0.1, 0.15) is 0 Å². The van der Waals surface area contributed by atoms with Crippen LogP contribution in [0.3, 0.4) is 0 Å². The van der Waals surface area contributed by atoms with Crippen LogP contribution in [-0.4, -0.2) is 22.0 Å². The lowest BCUT2D eigenvalue weighted by molar-refractivity contribution is 1.16. The van der Waals surface area contributed by atoms with Gasteiger partial charge in [-0.05, 0) is 36.4 Å². The maximum absolute atomic E-state index is 6.20. The molecule has 1 aromatic carbocycles. The Bertz CT molecular complexity index is 776. The maximum atomic E-state index is 6.20. The number of nitrogens with one attached hydrogen (secondary N) is 2. The summed E-state index contributed by atoms with van der Waals surface area (Å²) in [6.07, 6.45) is 5.20. The van der Waals surface area contributed by atoms with Gasteiger partial charge in [-0.15, -0.1) is 0 Å². The van der Waals surface area contributed by atoms with Gasteiger partial charge in [0, 0.05) is 36.9 Å². The lowest BCUT2D eigenvalue weighted by Crippen LogP contribution is -1.99. The van der Waals surface area contributed by atoms with E-state index in [2.05, 4.69) is 25.6 Å². The van der Waals surface area contributed by atoms with Gasteiger partial charge in [0.25, 0.3) is 0 Å². The molecule has 0 amide bonds. The molecule has 0 aliphatic heterocycles. The van der Waals surface area contributed by atoms with Crippen molar-refractivity contribution in [2.45, 2.75) is 0 Å². The minimum absolute atomic E-state index is 0.483. The van der Waals surface area contributed by atoms with Gasteiger partial charge in [-0.2, -0.15) is 0 Å². The van der Waals surface area contributed by atoms with Crippen LogP contribution in [0.15, 0.2) is 55.0 Å². The van der Waals surface area contributed by atoms with Gasteiger partial charge in [0.15, 0.2) is 0 Å². The highest BCUT2D eigenvalue weighted by Gasteiger charge is 2.06. The van der Waals surface area contributed by atoms with Crippen molar-refractivity contribution in [1.82, 2.24) is 15.0 Å². The number of anilines is 3. The zero-order chi connectivity index (χ0) is 15.4. The molecule has 22 heavy (non-hydrogen) atoms. The third-order valence-corrected chi connectivity index (χ3v) is 3.44. The highest BCUT2D eigenvalue weighted by Crippen LogP contribution is 2.27. The molecule has 0 fully saturated rings. The summed E-state index contributed by atoms with van der Waals surface area (Å²) in [5.74, 6) is 0.483. The van der Waals surface area contributed by atoms with E-state index in [0.717, 1.165) is 22.6 Å². The van der Waals surface area contributed by atoms with Gasteiger partial charge < -0.3 is 10.6 Å². The molecule has 2 aromatic heterocycles. The summed E-state index contributed by atoms with van der Waals surface area (Å²) >= 11 is 6.20. The average molecular weight is 312 g/mol. The van der Waals surface area contributed by atoms with Crippen LogP contribution in [0.4, 0.5) is 17.3 Å². The molecule has 0 aliphatic carbocycles. The molecule has 2 N–H and O–H groups in total. The van der Waals surface area contributed by atoms with Crippen LogP contribution in [0.25, 0.3) is 11.3 Å². The molecule has 6 heteroatoms. The molecule has 0 bridgehead atoms. The SMILES string of the molecule is CNc1ccc(Cl)c(Nc2nccc(-c3cccnc3)n2)c1. The Morgan fingerprint density at radius 3 is 2.77 bits per heavy atom. The minimum atomic E-state index is 0.483. The first-order chi connectivity index (χ1) is 10.8. The van der Waals surface area contributed by atoms with E-state index in [4.69, 9.17) is 11.6 Å². The molecular weight excluding hydrogens is 298 g/mol. The molecule has 0 spiro atoms. The molecule has 3 rings (SSSR count). The Hall–Kier alpha value is -2.66. The highest BCUT2D eigenvalue weighted by molar-refractivity contribution is 6.33. The van der Waals surface area contributed by atoms with Crippen LogP contribution in [0.2, 0.25) is 5.02 Å². The predicted octanol–water partition coefficient (Wildman–Crippen LogP) is 3.98. The monoisotopic (exact) mass is 311 g/mol. The van der Waals surface area contributed by atoms with Gasteiger partial charge >= 0.3 is 0 Å². The molecule has 110 valence electrons. The lowest BCUT2D eigenvalue weighted by atomic mass is 10.2. The number of halogens is 1. The molecule has 0 radical (unpaired) electrons. The molecule has 2 heterocycles. The van der Waals surface area contributed by atoms with E-state index in [1.54, 1.807) is 18.6 Å². The Labute approximate surface area is 133 Å². The highest BCUT2D eigenvalue weighted by atomic mass is 35.5. The second-order valence-electron chi connectivity index (χ2n) is 4.58. The van der Waals surface area contributed by atoms with Crippen molar-refractivity contribution < 1.29 is 0 Å². The van der Waals surface area contributed by atoms with Crippen molar-refractivity contribution in [3.05, 3.63) is 60.0 Å². The summed E-state index contributed by atoms with van der Waals surface area (Å²) in [5, 5.41) is 6.82. The molecule has 0 atom stereocenters. The molecule has 3 aromatic rings. The summed E-state index contributed by atoms with van der Waals surface area (Å²) in [4.78, 5) is 12.8. The molecule has 0 aliphatic rings. The first kappa shape index (κ1) is 14.3. The molecule has 0 unspecified atom stereocenters. The van der Waals surface area contributed by atoms with Crippen LogP contribution in [0, 0.1) is 0 Å². The van der Waals surface area contributed by atoms with Crippen molar-refractivity contribution in [2.24, 2.45) is 0 Å². The van der Waals surface area contributed by atoms with E-state index in [1.165, 1.54) is 0 Å². The molecule has 0 saturated carbocycles. The summed E-state index contributed by atoms with van der Waals surface area (Å²) < 4.78 is 0. The van der Waals surface area contributed by atoms with Crippen molar-refractivity contribution in [3.63, 3.8) is 0 Å². The summed E-state index contributed by atoms with van der Waals surface area (Å²) in [6, 6.07) is 11.3. The first-order valence-corrected chi connectivity index (χ1v) is 7.12. The Morgan fingerprint density at radius 1 is 1.09 bits per heavy atom. The van der Waals surface area contributed by atoms with Gasteiger partial charge in [0.1, 0.15) is 0 Å². The van der Waals surface area contributed by atoms with Gasteiger partial charge in [-0.3, -0.25) is 4.98 Å². The number of aromatic nitrogens is 3. The number of pyridine rings is 1. The number of benzene rings is 1.